The molecule has 2 aromatic rings. The second-order valence-electron chi connectivity index (χ2n) is 8.58. The van der Waals surface area contributed by atoms with Gasteiger partial charge in [-0.3, -0.25) is 4.79 Å². The molecule has 3 nitrogen and oxygen atoms in total. The molecule has 154 valence electrons. The van der Waals surface area contributed by atoms with Crippen molar-refractivity contribution in [3.8, 4) is 0 Å². The molecule has 0 radical (unpaired) electrons. The van der Waals surface area contributed by atoms with Gasteiger partial charge in [0.15, 0.2) is 5.76 Å². The number of benzene rings is 1. The molecule has 0 N–H and O–H groups in total. The van der Waals surface area contributed by atoms with Crippen LogP contribution >= 0.6 is 23.5 Å². The second kappa shape index (κ2) is 8.07. The normalized spacial score (nSPS) is 21.5. The fourth-order valence-corrected chi connectivity index (χ4v) is 8.79. The number of likely N-dealkylation sites (tertiary alicyclic amines) is 1. The van der Waals surface area contributed by atoms with E-state index in [-0.39, 0.29) is 9.99 Å². The first-order valence-corrected chi connectivity index (χ1v) is 12.9. The molecule has 1 spiro atoms. The molecule has 5 heteroatoms. The lowest BCUT2D eigenvalue weighted by molar-refractivity contribution is 0.0655. The molecule has 0 saturated carbocycles. The number of rotatable bonds is 3. The third-order valence-corrected chi connectivity index (χ3v) is 10.3. The average molecular weight is 428 g/mol. The van der Waals surface area contributed by atoms with Crippen LogP contribution in [-0.4, -0.2) is 35.4 Å². The molecular formula is C24H29NO2S2. The molecule has 0 unspecified atom stereocenters. The van der Waals surface area contributed by atoms with Crippen molar-refractivity contribution in [2.75, 3.05) is 24.6 Å². The monoisotopic (exact) mass is 427 g/mol. The van der Waals surface area contributed by atoms with Crippen molar-refractivity contribution < 1.29 is 9.21 Å². The minimum Gasteiger partial charge on any atom is -0.455 e. The molecule has 1 aliphatic carbocycles. The van der Waals surface area contributed by atoms with Crippen molar-refractivity contribution in [2.45, 2.75) is 49.5 Å². The number of amides is 1. The Bertz CT molecular complexity index is 878. The average Bonchev–Trinajstić information content (AvgIpc) is 3.34. The third-order valence-electron chi connectivity index (χ3n) is 6.73. The molecule has 3 heterocycles. The Labute approximate surface area is 182 Å². The SMILES string of the molecule is Cc1c(C(=O)N2CCC(Cc3ccccc3)CC2)oc2c1C1(CCC2)SCCS1. The summed E-state index contributed by atoms with van der Waals surface area (Å²) in [7, 11) is 0. The molecule has 0 bridgehead atoms. The Morgan fingerprint density at radius 3 is 2.62 bits per heavy atom. The van der Waals surface area contributed by atoms with Gasteiger partial charge in [0.05, 0.1) is 4.08 Å². The van der Waals surface area contributed by atoms with Gasteiger partial charge in [-0.25, -0.2) is 0 Å². The number of hydrogen-bond donors (Lipinski definition) is 0. The summed E-state index contributed by atoms with van der Waals surface area (Å²) in [6.07, 6.45) is 6.62. The summed E-state index contributed by atoms with van der Waals surface area (Å²) in [5.41, 5.74) is 3.86. The number of carbonyl (C=O) groups excluding carboxylic acids is 1. The topological polar surface area (TPSA) is 33.5 Å². The van der Waals surface area contributed by atoms with E-state index < -0.39 is 0 Å². The number of thioether (sulfide) groups is 2. The lowest BCUT2D eigenvalue weighted by Gasteiger charge is -2.32. The molecule has 2 aliphatic heterocycles. The molecule has 5 rings (SSSR count). The van der Waals surface area contributed by atoms with Gasteiger partial charge in [0.1, 0.15) is 5.76 Å². The largest absolute Gasteiger partial charge is 0.455 e. The summed E-state index contributed by atoms with van der Waals surface area (Å²) >= 11 is 4.12. The van der Waals surface area contributed by atoms with Gasteiger partial charge >= 0.3 is 0 Å². The van der Waals surface area contributed by atoms with E-state index in [4.69, 9.17) is 4.42 Å². The maximum atomic E-state index is 13.3. The summed E-state index contributed by atoms with van der Waals surface area (Å²) in [6.45, 7) is 3.80. The fourth-order valence-electron chi connectivity index (χ4n) is 5.23. The summed E-state index contributed by atoms with van der Waals surface area (Å²) in [5, 5.41) is 0. The molecule has 0 atom stereocenters. The molecule has 1 aromatic carbocycles. The van der Waals surface area contributed by atoms with Gasteiger partial charge in [0.2, 0.25) is 0 Å². The fraction of sp³-hybridized carbons (Fsp3) is 0.542. The van der Waals surface area contributed by atoms with Crippen molar-refractivity contribution in [1.29, 1.82) is 0 Å². The molecular weight excluding hydrogens is 398 g/mol. The van der Waals surface area contributed by atoms with Crippen molar-refractivity contribution in [3.63, 3.8) is 0 Å². The van der Waals surface area contributed by atoms with Crippen LogP contribution in [0.25, 0.3) is 0 Å². The van der Waals surface area contributed by atoms with Crippen LogP contribution in [0.2, 0.25) is 0 Å². The molecule has 29 heavy (non-hydrogen) atoms. The zero-order valence-corrected chi connectivity index (χ0v) is 18.7. The number of fused-ring (bicyclic) bond motifs is 2. The van der Waals surface area contributed by atoms with Crippen LogP contribution in [0.1, 0.15) is 58.7 Å². The number of piperidine rings is 1. The summed E-state index contributed by atoms with van der Waals surface area (Å²) in [6, 6.07) is 10.7. The zero-order chi connectivity index (χ0) is 19.8. The van der Waals surface area contributed by atoms with Crippen LogP contribution in [0.4, 0.5) is 0 Å². The molecule has 2 saturated heterocycles. The Balaban J connectivity index is 1.29. The van der Waals surface area contributed by atoms with E-state index in [2.05, 4.69) is 60.8 Å². The lowest BCUT2D eigenvalue weighted by Crippen LogP contribution is -2.39. The minimum absolute atomic E-state index is 0.109. The summed E-state index contributed by atoms with van der Waals surface area (Å²) < 4.78 is 6.38. The van der Waals surface area contributed by atoms with Crippen molar-refractivity contribution in [2.24, 2.45) is 5.92 Å². The van der Waals surface area contributed by atoms with Gasteiger partial charge in [-0.05, 0) is 50.5 Å². The van der Waals surface area contributed by atoms with Crippen molar-refractivity contribution in [3.05, 3.63) is 58.5 Å². The van der Waals surface area contributed by atoms with E-state index in [0.717, 1.165) is 50.1 Å². The molecule has 1 aromatic heterocycles. The minimum atomic E-state index is 0.109. The van der Waals surface area contributed by atoms with Crippen LogP contribution in [-0.2, 0) is 16.9 Å². The molecule has 3 aliphatic rings. The van der Waals surface area contributed by atoms with Gasteiger partial charge in [0.25, 0.3) is 5.91 Å². The van der Waals surface area contributed by atoms with Crippen molar-refractivity contribution >= 4 is 29.4 Å². The van der Waals surface area contributed by atoms with Crippen LogP contribution in [0.3, 0.4) is 0 Å². The van der Waals surface area contributed by atoms with E-state index in [0.29, 0.717) is 11.7 Å². The zero-order valence-electron chi connectivity index (χ0n) is 17.1. The van der Waals surface area contributed by atoms with Crippen LogP contribution < -0.4 is 0 Å². The predicted octanol–water partition coefficient (Wildman–Crippen LogP) is 5.65. The standard InChI is InChI=1S/C24H29NO2S2/c1-17-21-20(8-5-11-24(21)28-14-15-29-24)27-22(17)23(26)25-12-9-19(10-13-25)16-18-6-3-2-4-7-18/h2-4,6-7,19H,5,8-16H2,1H3. The first-order valence-electron chi connectivity index (χ1n) is 10.9. The van der Waals surface area contributed by atoms with Gasteiger partial charge in [-0.15, -0.1) is 23.5 Å². The predicted molar refractivity (Wildman–Crippen MR) is 122 cm³/mol. The number of carbonyl (C=O) groups is 1. The first-order chi connectivity index (χ1) is 14.2. The molecule has 2 fully saturated rings. The Morgan fingerprint density at radius 1 is 1.17 bits per heavy atom. The van der Waals surface area contributed by atoms with Crippen LogP contribution in [0.15, 0.2) is 34.7 Å². The maximum absolute atomic E-state index is 13.3. The second-order valence-corrected chi connectivity index (χ2v) is 11.6. The van der Waals surface area contributed by atoms with E-state index in [9.17, 15) is 4.79 Å². The summed E-state index contributed by atoms with van der Waals surface area (Å²) in [5.74, 6) is 4.88. The Hall–Kier alpha value is -1.33. The van der Waals surface area contributed by atoms with E-state index >= 15 is 0 Å². The summed E-state index contributed by atoms with van der Waals surface area (Å²) in [4.78, 5) is 15.4. The van der Waals surface area contributed by atoms with Gasteiger partial charge < -0.3 is 9.32 Å². The van der Waals surface area contributed by atoms with Gasteiger partial charge in [0, 0.05) is 42.1 Å². The van der Waals surface area contributed by atoms with Gasteiger partial charge in [-0.2, -0.15) is 0 Å². The Morgan fingerprint density at radius 2 is 1.90 bits per heavy atom. The highest BCUT2D eigenvalue weighted by Crippen LogP contribution is 2.59. The van der Waals surface area contributed by atoms with Crippen molar-refractivity contribution in [1.82, 2.24) is 4.90 Å². The van der Waals surface area contributed by atoms with Gasteiger partial charge in [-0.1, -0.05) is 30.3 Å². The van der Waals surface area contributed by atoms with E-state index in [1.807, 2.05) is 4.90 Å². The maximum Gasteiger partial charge on any atom is 0.289 e. The first kappa shape index (κ1) is 19.6. The highest BCUT2D eigenvalue weighted by molar-refractivity contribution is 8.20. The number of furan rings is 1. The van der Waals surface area contributed by atoms with Crippen LogP contribution in [0, 0.1) is 12.8 Å². The highest BCUT2D eigenvalue weighted by atomic mass is 32.2. The third kappa shape index (κ3) is 3.65. The Kier molecular flexibility index (Phi) is 5.46. The number of nitrogens with zero attached hydrogens (tertiary/aromatic N) is 1. The number of hydrogen-bond acceptors (Lipinski definition) is 4. The highest BCUT2D eigenvalue weighted by Gasteiger charge is 2.45. The quantitative estimate of drug-likeness (QED) is 0.634. The smallest absolute Gasteiger partial charge is 0.289 e. The molecule has 1 amide bonds. The van der Waals surface area contributed by atoms with E-state index in [1.165, 1.54) is 35.5 Å². The lowest BCUT2D eigenvalue weighted by atomic mass is 9.90. The van der Waals surface area contributed by atoms with Crippen LogP contribution in [0.5, 0.6) is 0 Å². The van der Waals surface area contributed by atoms with E-state index in [1.54, 1.807) is 0 Å². The number of aryl methyl sites for hydroxylation is 1.